The minimum Gasteiger partial charge on any atom is -0.444 e. The molecule has 1 fully saturated rings. The maximum absolute atomic E-state index is 12.1. The van der Waals surface area contributed by atoms with Crippen molar-refractivity contribution >= 4 is 18.0 Å². The number of rotatable bonds is 10. The molecule has 3 N–H and O–H groups in total. The molecule has 1 atom stereocenters. The highest BCUT2D eigenvalue weighted by Crippen LogP contribution is 2.28. The Labute approximate surface area is 176 Å². The van der Waals surface area contributed by atoms with E-state index in [0.29, 0.717) is 13.1 Å². The summed E-state index contributed by atoms with van der Waals surface area (Å²) in [6.07, 6.45) is 2.41. The molecule has 1 saturated carbocycles. The average Bonchev–Trinajstić information content (AvgIpc) is 3.44. The first-order valence-corrected chi connectivity index (χ1v) is 10.8. The van der Waals surface area contributed by atoms with Gasteiger partial charge in [-0.2, -0.15) is 0 Å². The predicted octanol–water partition coefficient (Wildman–Crippen LogP) is 2.35. The van der Waals surface area contributed by atoms with Crippen molar-refractivity contribution in [2.75, 3.05) is 33.2 Å². The maximum Gasteiger partial charge on any atom is 0.407 e. The van der Waals surface area contributed by atoms with E-state index in [9.17, 15) is 9.59 Å². The van der Waals surface area contributed by atoms with Crippen LogP contribution >= 0.6 is 0 Å². The van der Waals surface area contributed by atoms with Gasteiger partial charge in [0.1, 0.15) is 5.60 Å². The van der Waals surface area contributed by atoms with Gasteiger partial charge >= 0.3 is 6.09 Å². The van der Waals surface area contributed by atoms with E-state index in [1.54, 1.807) is 0 Å². The standard InChI is InChI=1S/C21H41N5O3/c1-8-22-19(24-13-12-23-18(27)16-9-10-16)26(7)14-11-17(15(2)3)25-20(28)29-21(4,5)6/h15-17H,8-14H2,1-7H3,(H,22,24)(H,23,27)(H,25,28). The predicted molar refractivity (Wildman–Crippen MR) is 117 cm³/mol. The summed E-state index contributed by atoms with van der Waals surface area (Å²) >= 11 is 0. The quantitative estimate of drug-likeness (QED) is 0.291. The van der Waals surface area contributed by atoms with Crippen LogP contribution in [0.3, 0.4) is 0 Å². The summed E-state index contributed by atoms with van der Waals surface area (Å²) < 4.78 is 5.38. The molecule has 0 heterocycles. The minimum atomic E-state index is -0.512. The van der Waals surface area contributed by atoms with Crippen LogP contribution in [0.2, 0.25) is 0 Å². The van der Waals surface area contributed by atoms with Crippen molar-refractivity contribution in [3.63, 3.8) is 0 Å². The molecule has 0 spiro atoms. The van der Waals surface area contributed by atoms with Crippen LogP contribution in [0.5, 0.6) is 0 Å². The summed E-state index contributed by atoms with van der Waals surface area (Å²) in [5, 5.41) is 9.20. The number of nitrogens with one attached hydrogen (secondary N) is 3. The van der Waals surface area contributed by atoms with Gasteiger partial charge in [-0.3, -0.25) is 9.79 Å². The molecule has 1 rings (SSSR count). The average molecular weight is 412 g/mol. The van der Waals surface area contributed by atoms with Gasteiger partial charge in [0, 0.05) is 38.6 Å². The molecule has 8 heteroatoms. The SMILES string of the molecule is CCNC(=NCCNC(=O)C1CC1)N(C)CCC(NC(=O)OC(C)(C)C)C(C)C. The third-order valence-corrected chi connectivity index (χ3v) is 4.60. The van der Waals surface area contributed by atoms with Crippen molar-refractivity contribution in [1.29, 1.82) is 0 Å². The highest BCUT2D eigenvalue weighted by Gasteiger charge is 2.29. The first-order valence-electron chi connectivity index (χ1n) is 10.8. The smallest absolute Gasteiger partial charge is 0.407 e. The van der Waals surface area contributed by atoms with Crippen LogP contribution in [0, 0.1) is 11.8 Å². The van der Waals surface area contributed by atoms with E-state index < -0.39 is 5.60 Å². The molecule has 2 amide bonds. The van der Waals surface area contributed by atoms with Crippen LogP contribution in [0.25, 0.3) is 0 Å². The summed E-state index contributed by atoms with van der Waals surface area (Å²) in [5.74, 6) is 1.45. The number of hydrogen-bond acceptors (Lipinski definition) is 4. The lowest BCUT2D eigenvalue weighted by molar-refractivity contribution is -0.122. The van der Waals surface area contributed by atoms with E-state index in [0.717, 1.165) is 38.3 Å². The molecule has 168 valence electrons. The Balaban J connectivity index is 2.50. The molecule has 0 aromatic heterocycles. The van der Waals surface area contributed by atoms with Gasteiger partial charge in [-0.1, -0.05) is 13.8 Å². The molecule has 0 aliphatic heterocycles. The molecule has 0 radical (unpaired) electrons. The summed E-state index contributed by atoms with van der Waals surface area (Å²) in [5.41, 5.74) is -0.512. The monoisotopic (exact) mass is 411 g/mol. The largest absolute Gasteiger partial charge is 0.444 e. The molecule has 8 nitrogen and oxygen atoms in total. The molecule has 0 aromatic rings. The first-order chi connectivity index (χ1) is 13.5. The Bertz CT molecular complexity index is 553. The van der Waals surface area contributed by atoms with Gasteiger partial charge in [-0.15, -0.1) is 0 Å². The topological polar surface area (TPSA) is 95.1 Å². The fourth-order valence-corrected chi connectivity index (χ4v) is 2.77. The zero-order valence-electron chi connectivity index (χ0n) is 19.3. The lowest BCUT2D eigenvalue weighted by Crippen LogP contribution is -2.45. The summed E-state index contributed by atoms with van der Waals surface area (Å²) in [4.78, 5) is 30.5. The second-order valence-electron chi connectivity index (χ2n) is 9.01. The Hall–Kier alpha value is -1.99. The molecule has 1 aliphatic carbocycles. The van der Waals surface area contributed by atoms with E-state index in [-0.39, 0.29) is 29.9 Å². The van der Waals surface area contributed by atoms with Crippen molar-refractivity contribution in [2.24, 2.45) is 16.8 Å². The van der Waals surface area contributed by atoms with E-state index in [2.05, 4.69) is 39.7 Å². The number of ether oxygens (including phenoxy) is 1. The Morgan fingerprint density at radius 2 is 1.86 bits per heavy atom. The van der Waals surface area contributed by atoms with Crippen LogP contribution in [0.15, 0.2) is 4.99 Å². The van der Waals surface area contributed by atoms with Crippen LogP contribution in [-0.2, 0) is 9.53 Å². The highest BCUT2D eigenvalue weighted by atomic mass is 16.6. The summed E-state index contributed by atoms with van der Waals surface area (Å²) in [7, 11) is 1.98. The molecular formula is C21H41N5O3. The number of guanidine groups is 1. The van der Waals surface area contributed by atoms with Crippen LogP contribution < -0.4 is 16.0 Å². The van der Waals surface area contributed by atoms with Gasteiger partial charge in [0.25, 0.3) is 0 Å². The molecule has 29 heavy (non-hydrogen) atoms. The number of carbonyl (C=O) groups is 2. The molecule has 1 aliphatic rings. The number of alkyl carbamates (subject to hydrolysis) is 1. The van der Waals surface area contributed by atoms with Crippen molar-refractivity contribution < 1.29 is 14.3 Å². The Kier molecular flexibility index (Phi) is 10.3. The highest BCUT2D eigenvalue weighted by molar-refractivity contribution is 5.81. The number of aliphatic imine (C=N–C) groups is 1. The number of nitrogens with zero attached hydrogens (tertiary/aromatic N) is 2. The zero-order chi connectivity index (χ0) is 22.0. The van der Waals surface area contributed by atoms with Gasteiger partial charge in [0.05, 0.1) is 6.54 Å². The fraction of sp³-hybridized carbons (Fsp3) is 0.857. The van der Waals surface area contributed by atoms with E-state index in [4.69, 9.17) is 4.74 Å². The second-order valence-corrected chi connectivity index (χ2v) is 9.01. The van der Waals surface area contributed by atoms with Crippen molar-refractivity contribution in [2.45, 2.75) is 72.4 Å². The third kappa shape index (κ3) is 10.9. The Morgan fingerprint density at radius 1 is 1.21 bits per heavy atom. The van der Waals surface area contributed by atoms with Crippen LogP contribution in [0.1, 0.15) is 60.8 Å². The minimum absolute atomic E-state index is 0.00741. The van der Waals surface area contributed by atoms with E-state index in [1.807, 2.05) is 34.7 Å². The lowest BCUT2D eigenvalue weighted by atomic mass is 10.0. The Morgan fingerprint density at radius 3 is 2.38 bits per heavy atom. The van der Waals surface area contributed by atoms with Gasteiger partial charge in [0.2, 0.25) is 5.91 Å². The van der Waals surface area contributed by atoms with Crippen molar-refractivity contribution in [3.05, 3.63) is 0 Å². The van der Waals surface area contributed by atoms with Gasteiger partial charge in [-0.25, -0.2) is 4.79 Å². The molecule has 0 saturated heterocycles. The first kappa shape index (κ1) is 25.0. The number of hydrogen-bond donors (Lipinski definition) is 3. The maximum atomic E-state index is 12.1. The fourth-order valence-electron chi connectivity index (χ4n) is 2.77. The molecule has 1 unspecified atom stereocenters. The van der Waals surface area contributed by atoms with Crippen molar-refractivity contribution in [1.82, 2.24) is 20.9 Å². The van der Waals surface area contributed by atoms with Crippen molar-refractivity contribution in [3.8, 4) is 0 Å². The third-order valence-electron chi connectivity index (χ3n) is 4.60. The molecule has 0 bridgehead atoms. The molecule has 0 aromatic carbocycles. The normalized spacial score (nSPS) is 15.7. The van der Waals surface area contributed by atoms with Gasteiger partial charge < -0.3 is 25.6 Å². The number of amides is 2. The number of carbonyl (C=O) groups excluding carboxylic acids is 2. The van der Waals surface area contributed by atoms with E-state index in [1.165, 1.54) is 0 Å². The summed E-state index contributed by atoms with van der Waals surface area (Å²) in [6.45, 7) is 14.4. The van der Waals surface area contributed by atoms with E-state index >= 15 is 0 Å². The van der Waals surface area contributed by atoms with Crippen LogP contribution in [0.4, 0.5) is 4.79 Å². The second kappa shape index (κ2) is 11.9. The lowest BCUT2D eigenvalue weighted by Gasteiger charge is -2.28. The summed E-state index contributed by atoms with van der Waals surface area (Å²) in [6, 6.07) is 0.00741. The van der Waals surface area contributed by atoms with Gasteiger partial charge in [-0.05, 0) is 52.9 Å². The van der Waals surface area contributed by atoms with Gasteiger partial charge in [0.15, 0.2) is 5.96 Å². The van der Waals surface area contributed by atoms with Crippen LogP contribution in [-0.4, -0.2) is 67.7 Å². The molecular weight excluding hydrogens is 370 g/mol. The zero-order valence-corrected chi connectivity index (χ0v) is 19.3.